The smallest absolute Gasteiger partial charge is 0.240 e. The van der Waals surface area contributed by atoms with Crippen LogP contribution in [0.25, 0.3) is 0 Å². The normalized spacial score (nSPS) is 25.9. The van der Waals surface area contributed by atoms with Crippen molar-refractivity contribution >= 4 is 5.91 Å². The first-order chi connectivity index (χ1) is 8.10. The Balaban J connectivity index is 2.58. The lowest BCUT2D eigenvalue weighted by molar-refractivity contribution is -0.136. The van der Waals surface area contributed by atoms with Crippen LogP contribution in [0.1, 0.15) is 26.7 Å². The van der Waals surface area contributed by atoms with Gasteiger partial charge in [-0.2, -0.15) is 0 Å². The molecular formula is C12H24N2O3. The third-order valence-electron chi connectivity index (χ3n) is 3.35. The molecule has 0 spiro atoms. The van der Waals surface area contributed by atoms with Crippen LogP contribution in [0.2, 0.25) is 0 Å². The molecule has 0 saturated carbocycles. The first-order valence-corrected chi connectivity index (χ1v) is 6.31. The molecule has 0 aliphatic carbocycles. The van der Waals surface area contributed by atoms with Crippen molar-refractivity contribution in [2.45, 2.75) is 44.9 Å². The molecule has 1 aliphatic heterocycles. The molecule has 5 nitrogen and oxygen atoms in total. The van der Waals surface area contributed by atoms with E-state index in [1.165, 1.54) is 0 Å². The molecule has 5 heteroatoms. The fourth-order valence-corrected chi connectivity index (χ4v) is 2.06. The number of aliphatic hydroxyl groups is 1. The number of amides is 1. The Kier molecular flexibility index (Phi) is 5.88. The molecule has 0 aromatic carbocycles. The van der Waals surface area contributed by atoms with Crippen molar-refractivity contribution < 1.29 is 14.6 Å². The van der Waals surface area contributed by atoms with Gasteiger partial charge in [0.15, 0.2) is 0 Å². The minimum absolute atomic E-state index is 0.0768. The predicted octanol–water partition coefficient (Wildman–Crippen LogP) is -0.0173. The molecule has 1 heterocycles. The van der Waals surface area contributed by atoms with Crippen molar-refractivity contribution in [1.29, 1.82) is 0 Å². The van der Waals surface area contributed by atoms with Gasteiger partial charge in [-0.25, -0.2) is 0 Å². The van der Waals surface area contributed by atoms with Gasteiger partial charge < -0.3 is 20.1 Å². The van der Waals surface area contributed by atoms with Gasteiger partial charge in [-0.1, -0.05) is 6.92 Å². The summed E-state index contributed by atoms with van der Waals surface area (Å²) in [5.41, 5.74) is 0. The van der Waals surface area contributed by atoms with Crippen LogP contribution in [0.4, 0.5) is 0 Å². The summed E-state index contributed by atoms with van der Waals surface area (Å²) in [4.78, 5) is 14.1. The Morgan fingerprint density at radius 2 is 2.35 bits per heavy atom. The number of nitrogens with one attached hydrogen (secondary N) is 1. The first-order valence-electron chi connectivity index (χ1n) is 6.31. The van der Waals surface area contributed by atoms with Crippen molar-refractivity contribution in [2.75, 3.05) is 26.8 Å². The molecule has 0 aromatic heterocycles. The number of nitrogens with zero attached hydrogens (tertiary/aromatic N) is 1. The maximum Gasteiger partial charge on any atom is 0.240 e. The zero-order valence-corrected chi connectivity index (χ0v) is 11.0. The Labute approximate surface area is 103 Å². The number of methoxy groups -OCH3 is 1. The van der Waals surface area contributed by atoms with Crippen LogP contribution < -0.4 is 5.32 Å². The average Bonchev–Trinajstić information content (AvgIpc) is 2.75. The van der Waals surface area contributed by atoms with Gasteiger partial charge in [0.05, 0.1) is 18.8 Å². The minimum Gasteiger partial charge on any atom is -0.392 e. The largest absolute Gasteiger partial charge is 0.392 e. The molecule has 3 atom stereocenters. The van der Waals surface area contributed by atoms with Crippen LogP contribution in [0.15, 0.2) is 0 Å². The summed E-state index contributed by atoms with van der Waals surface area (Å²) in [7, 11) is 1.64. The highest BCUT2D eigenvalue weighted by Crippen LogP contribution is 2.13. The van der Waals surface area contributed by atoms with E-state index in [1.807, 2.05) is 11.8 Å². The van der Waals surface area contributed by atoms with E-state index in [-0.39, 0.29) is 18.0 Å². The van der Waals surface area contributed by atoms with Gasteiger partial charge in [0.25, 0.3) is 0 Å². The monoisotopic (exact) mass is 244 g/mol. The topological polar surface area (TPSA) is 61.8 Å². The van der Waals surface area contributed by atoms with Crippen LogP contribution in [-0.4, -0.2) is 60.9 Å². The quantitative estimate of drug-likeness (QED) is 0.689. The van der Waals surface area contributed by atoms with Crippen molar-refractivity contribution in [3.05, 3.63) is 0 Å². The van der Waals surface area contributed by atoms with Gasteiger partial charge in [-0.15, -0.1) is 0 Å². The Hall–Kier alpha value is -0.650. The SMILES string of the molecule is CCC(C)N(CCOC)C(=O)C1CC(O)CN1. The zero-order chi connectivity index (χ0) is 12.8. The number of hydrogen-bond acceptors (Lipinski definition) is 4. The molecule has 2 N–H and O–H groups in total. The molecule has 1 fully saturated rings. The minimum atomic E-state index is -0.398. The summed E-state index contributed by atoms with van der Waals surface area (Å²) in [5, 5.41) is 12.5. The van der Waals surface area contributed by atoms with Crippen molar-refractivity contribution in [2.24, 2.45) is 0 Å². The number of carbonyl (C=O) groups excluding carboxylic acids is 1. The van der Waals surface area contributed by atoms with E-state index in [1.54, 1.807) is 7.11 Å². The van der Waals surface area contributed by atoms with E-state index in [0.717, 1.165) is 6.42 Å². The molecule has 100 valence electrons. The van der Waals surface area contributed by atoms with Crippen LogP contribution >= 0.6 is 0 Å². The molecule has 17 heavy (non-hydrogen) atoms. The van der Waals surface area contributed by atoms with Crippen LogP contribution in [0.5, 0.6) is 0 Å². The number of ether oxygens (including phenoxy) is 1. The molecule has 0 radical (unpaired) electrons. The number of aliphatic hydroxyl groups excluding tert-OH is 1. The van der Waals surface area contributed by atoms with Gasteiger partial charge in [0.1, 0.15) is 0 Å². The van der Waals surface area contributed by atoms with Gasteiger partial charge in [-0.3, -0.25) is 4.79 Å². The van der Waals surface area contributed by atoms with E-state index in [2.05, 4.69) is 12.2 Å². The fraction of sp³-hybridized carbons (Fsp3) is 0.917. The summed E-state index contributed by atoms with van der Waals surface area (Å²) >= 11 is 0. The fourth-order valence-electron chi connectivity index (χ4n) is 2.06. The molecule has 0 bridgehead atoms. The van der Waals surface area contributed by atoms with Gasteiger partial charge in [0.2, 0.25) is 5.91 Å². The predicted molar refractivity (Wildman–Crippen MR) is 65.8 cm³/mol. The highest BCUT2D eigenvalue weighted by molar-refractivity contribution is 5.82. The third-order valence-corrected chi connectivity index (χ3v) is 3.35. The Bertz CT molecular complexity index is 248. The van der Waals surface area contributed by atoms with E-state index in [0.29, 0.717) is 26.1 Å². The number of hydrogen-bond donors (Lipinski definition) is 2. The molecule has 1 rings (SSSR count). The van der Waals surface area contributed by atoms with Crippen LogP contribution in [0, 0.1) is 0 Å². The molecule has 1 saturated heterocycles. The van der Waals surface area contributed by atoms with Crippen LogP contribution in [0.3, 0.4) is 0 Å². The van der Waals surface area contributed by atoms with Crippen molar-refractivity contribution in [1.82, 2.24) is 10.2 Å². The Morgan fingerprint density at radius 1 is 1.65 bits per heavy atom. The van der Waals surface area contributed by atoms with Gasteiger partial charge in [-0.05, 0) is 19.8 Å². The second-order valence-electron chi connectivity index (χ2n) is 4.63. The van der Waals surface area contributed by atoms with Crippen molar-refractivity contribution in [3.63, 3.8) is 0 Å². The van der Waals surface area contributed by atoms with Crippen molar-refractivity contribution in [3.8, 4) is 0 Å². The van der Waals surface area contributed by atoms with E-state index >= 15 is 0 Å². The number of β-amino-alcohol motifs (C(OH)–C–C–N with tert-alkyl or cyclic N) is 1. The summed E-state index contributed by atoms with van der Waals surface area (Å²) in [6.45, 7) is 5.77. The van der Waals surface area contributed by atoms with Gasteiger partial charge >= 0.3 is 0 Å². The average molecular weight is 244 g/mol. The summed E-state index contributed by atoms with van der Waals surface area (Å²) in [5.74, 6) is 0.0768. The third kappa shape index (κ3) is 3.94. The van der Waals surface area contributed by atoms with Crippen LogP contribution in [-0.2, 0) is 9.53 Å². The second-order valence-corrected chi connectivity index (χ2v) is 4.63. The first kappa shape index (κ1) is 14.4. The molecule has 1 amide bonds. The van der Waals surface area contributed by atoms with E-state index in [9.17, 15) is 9.90 Å². The molecule has 1 aliphatic rings. The van der Waals surface area contributed by atoms with E-state index in [4.69, 9.17) is 4.74 Å². The highest BCUT2D eigenvalue weighted by Gasteiger charge is 2.32. The maximum absolute atomic E-state index is 12.3. The summed E-state index contributed by atoms with van der Waals surface area (Å²) in [6.07, 6.45) is 1.04. The standard InChI is InChI=1S/C12H24N2O3/c1-4-9(2)14(5-6-17-3)12(16)11-7-10(15)8-13-11/h9-11,13,15H,4-8H2,1-3H3. The maximum atomic E-state index is 12.3. The molecule has 3 unspecified atom stereocenters. The second kappa shape index (κ2) is 6.93. The highest BCUT2D eigenvalue weighted by atomic mass is 16.5. The van der Waals surface area contributed by atoms with Gasteiger partial charge in [0, 0.05) is 26.2 Å². The summed E-state index contributed by atoms with van der Waals surface area (Å²) < 4.78 is 5.04. The number of rotatable bonds is 6. The number of carbonyl (C=O) groups is 1. The molecule has 0 aromatic rings. The van der Waals surface area contributed by atoms with E-state index < -0.39 is 6.10 Å². The molecular weight excluding hydrogens is 220 g/mol. The lowest BCUT2D eigenvalue weighted by atomic mass is 10.1. The zero-order valence-electron chi connectivity index (χ0n) is 11.0. The lowest BCUT2D eigenvalue weighted by Crippen LogP contribution is -2.48. The summed E-state index contributed by atoms with van der Waals surface area (Å²) in [6, 6.07) is -0.0342. The Morgan fingerprint density at radius 3 is 2.82 bits per heavy atom. The lowest BCUT2D eigenvalue weighted by Gasteiger charge is -2.30.